The molecule has 6 unspecified atom stereocenters. The number of aliphatic hydroxyl groups is 1. The van der Waals surface area contributed by atoms with Crippen molar-refractivity contribution in [2.75, 3.05) is 13.1 Å². The van der Waals surface area contributed by atoms with Gasteiger partial charge in [-0.2, -0.15) is 0 Å². The summed E-state index contributed by atoms with van der Waals surface area (Å²) in [6.07, 6.45) is 17.4. The summed E-state index contributed by atoms with van der Waals surface area (Å²) in [5, 5.41) is 20.7. The Balaban J connectivity index is 1.11. The highest BCUT2D eigenvalue weighted by Gasteiger charge is 2.44. The summed E-state index contributed by atoms with van der Waals surface area (Å²) >= 11 is 0. The molecule has 4 N–H and O–H groups in total. The minimum absolute atomic E-state index is 0.0281. The van der Waals surface area contributed by atoms with Gasteiger partial charge in [-0.05, 0) is 99.8 Å². The van der Waals surface area contributed by atoms with Crippen molar-refractivity contribution >= 4 is 5.91 Å². The molecule has 2 heterocycles. The van der Waals surface area contributed by atoms with Crippen molar-refractivity contribution < 1.29 is 14.6 Å². The summed E-state index contributed by atoms with van der Waals surface area (Å²) in [5.41, 5.74) is 2.06. The summed E-state index contributed by atoms with van der Waals surface area (Å²) in [7, 11) is 0. The SMILES string of the molecule is O=C(NC1CCC(O)CC1)c1cccc(C2CNC3NCC(C4CCCCC4OC4CCCCC4)CC32)c1. The average molecular weight is 524 g/mol. The zero-order valence-corrected chi connectivity index (χ0v) is 23.1. The third kappa shape index (κ3) is 6.14. The van der Waals surface area contributed by atoms with Crippen LogP contribution < -0.4 is 16.0 Å². The van der Waals surface area contributed by atoms with E-state index in [-0.39, 0.29) is 18.1 Å². The van der Waals surface area contributed by atoms with Crippen molar-refractivity contribution in [1.82, 2.24) is 16.0 Å². The Morgan fingerprint density at radius 1 is 0.868 bits per heavy atom. The number of hydrogen-bond donors (Lipinski definition) is 4. The van der Waals surface area contributed by atoms with Crippen LogP contribution in [0.3, 0.4) is 0 Å². The zero-order valence-electron chi connectivity index (χ0n) is 23.1. The molecule has 5 aliphatic rings. The van der Waals surface area contributed by atoms with Gasteiger partial charge in [-0.1, -0.05) is 44.2 Å². The molecule has 6 atom stereocenters. The Bertz CT molecular complexity index is 926. The molecule has 210 valence electrons. The van der Waals surface area contributed by atoms with E-state index in [1.165, 1.54) is 69.8 Å². The second-order valence-corrected chi connectivity index (χ2v) is 13.0. The predicted octanol–water partition coefficient (Wildman–Crippen LogP) is 4.87. The lowest BCUT2D eigenvalue weighted by atomic mass is 9.70. The number of hydrogen-bond acceptors (Lipinski definition) is 5. The fourth-order valence-electron chi connectivity index (χ4n) is 8.40. The van der Waals surface area contributed by atoms with Gasteiger partial charge in [0.05, 0.1) is 24.5 Å². The van der Waals surface area contributed by atoms with Gasteiger partial charge in [0.15, 0.2) is 0 Å². The van der Waals surface area contributed by atoms with Crippen LogP contribution in [0, 0.1) is 17.8 Å². The first-order chi connectivity index (χ1) is 18.6. The van der Waals surface area contributed by atoms with Crippen molar-refractivity contribution in [1.29, 1.82) is 0 Å². The van der Waals surface area contributed by atoms with Gasteiger partial charge in [0, 0.05) is 24.1 Å². The molecule has 1 amide bonds. The largest absolute Gasteiger partial charge is 0.393 e. The topological polar surface area (TPSA) is 82.6 Å². The normalized spacial score (nSPS) is 38.4. The van der Waals surface area contributed by atoms with Crippen LogP contribution in [0.5, 0.6) is 0 Å². The molecule has 6 nitrogen and oxygen atoms in total. The number of ether oxygens (including phenoxy) is 1. The first-order valence-electron chi connectivity index (χ1n) is 15.8. The van der Waals surface area contributed by atoms with E-state index in [1.807, 2.05) is 6.07 Å². The summed E-state index contributed by atoms with van der Waals surface area (Å²) < 4.78 is 6.83. The molecule has 1 aromatic carbocycles. The lowest BCUT2D eigenvalue weighted by molar-refractivity contribution is -0.0901. The molecule has 6 heteroatoms. The van der Waals surface area contributed by atoms with Crippen LogP contribution >= 0.6 is 0 Å². The maximum Gasteiger partial charge on any atom is 0.251 e. The Kier molecular flexibility index (Phi) is 8.70. The summed E-state index contributed by atoms with van der Waals surface area (Å²) in [6.45, 7) is 2.06. The van der Waals surface area contributed by atoms with Gasteiger partial charge in [0.2, 0.25) is 0 Å². The number of carbonyl (C=O) groups excluding carboxylic acids is 1. The van der Waals surface area contributed by atoms with Gasteiger partial charge in [-0.15, -0.1) is 0 Å². The van der Waals surface area contributed by atoms with E-state index in [9.17, 15) is 9.90 Å². The van der Waals surface area contributed by atoms with E-state index < -0.39 is 0 Å². The highest BCUT2D eigenvalue weighted by molar-refractivity contribution is 5.94. The molecular formula is C32H49N3O3. The molecule has 0 spiro atoms. The molecule has 1 aromatic rings. The van der Waals surface area contributed by atoms with Crippen molar-refractivity contribution in [2.24, 2.45) is 17.8 Å². The molecule has 6 rings (SSSR count). The van der Waals surface area contributed by atoms with Gasteiger partial charge in [-0.3, -0.25) is 4.79 Å². The average Bonchev–Trinajstić information content (AvgIpc) is 3.39. The van der Waals surface area contributed by atoms with Gasteiger partial charge in [0.25, 0.3) is 5.91 Å². The van der Waals surface area contributed by atoms with Gasteiger partial charge in [0.1, 0.15) is 0 Å². The number of fused-ring (bicyclic) bond motifs is 1. The maximum absolute atomic E-state index is 13.1. The number of benzene rings is 1. The third-order valence-corrected chi connectivity index (χ3v) is 10.6. The highest BCUT2D eigenvalue weighted by atomic mass is 16.5. The number of carbonyl (C=O) groups is 1. The number of rotatable bonds is 6. The number of piperidine rings is 1. The predicted molar refractivity (Wildman–Crippen MR) is 150 cm³/mol. The third-order valence-electron chi connectivity index (χ3n) is 10.6. The van der Waals surface area contributed by atoms with Crippen LogP contribution in [-0.2, 0) is 4.74 Å². The fourth-order valence-corrected chi connectivity index (χ4v) is 8.40. The molecule has 5 fully saturated rings. The molecular weight excluding hydrogens is 474 g/mol. The van der Waals surface area contributed by atoms with Crippen molar-refractivity contribution in [2.45, 2.75) is 126 Å². The molecule has 2 aliphatic heterocycles. The monoisotopic (exact) mass is 523 g/mol. The second kappa shape index (κ2) is 12.4. The molecule has 2 saturated heterocycles. The molecule has 3 saturated carbocycles. The number of amides is 1. The van der Waals surface area contributed by atoms with Gasteiger partial charge in [-0.25, -0.2) is 0 Å². The quantitative estimate of drug-likeness (QED) is 0.428. The second-order valence-electron chi connectivity index (χ2n) is 13.0. The van der Waals surface area contributed by atoms with Crippen LogP contribution in [0.25, 0.3) is 0 Å². The van der Waals surface area contributed by atoms with Crippen LogP contribution in [-0.4, -0.2) is 54.6 Å². The van der Waals surface area contributed by atoms with E-state index in [0.717, 1.165) is 44.3 Å². The van der Waals surface area contributed by atoms with Crippen LogP contribution in [0.4, 0.5) is 0 Å². The van der Waals surface area contributed by atoms with Crippen LogP contribution in [0.15, 0.2) is 24.3 Å². The molecule has 38 heavy (non-hydrogen) atoms. The van der Waals surface area contributed by atoms with E-state index in [1.54, 1.807) is 0 Å². The minimum Gasteiger partial charge on any atom is -0.393 e. The molecule has 0 radical (unpaired) electrons. The lowest BCUT2D eigenvalue weighted by Gasteiger charge is -2.44. The maximum atomic E-state index is 13.1. The van der Waals surface area contributed by atoms with E-state index in [2.05, 4.69) is 34.1 Å². The van der Waals surface area contributed by atoms with E-state index >= 15 is 0 Å². The Morgan fingerprint density at radius 2 is 1.63 bits per heavy atom. The van der Waals surface area contributed by atoms with Gasteiger partial charge < -0.3 is 25.8 Å². The molecule has 3 aliphatic carbocycles. The van der Waals surface area contributed by atoms with Crippen LogP contribution in [0.2, 0.25) is 0 Å². The van der Waals surface area contributed by atoms with Crippen molar-refractivity contribution in [3.63, 3.8) is 0 Å². The zero-order chi connectivity index (χ0) is 25.9. The number of nitrogens with one attached hydrogen (secondary N) is 3. The summed E-state index contributed by atoms with van der Waals surface area (Å²) in [4.78, 5) is 13.1. The summed E-state index contributed by atoms with van der Waals surface area (Å²) in [6, 6.07) is 8.55. The van der Waals surface area contributed by atoms with Crippen molar-refractivity contribution in [3.05, 3.63) is 35.4 Å². The Hall–Kier alpha value is -1.47. The molecule has 0 bridgehead atoms. The van der Waals surface area contributed by atoms with E-state index in [0.29, 0.717) is 42.0 Å². The first-order valence-corrected chi connectivity index (χ1v) is 15.8. The first kappa shape index (κ1) is 26.7. The smallest absolute Gasteiger partial charge is 0.251 e. The minimum atomic E-state index is -0.204. The Labute approximate surface area is 229 Å². The number of aliphatic hydroxyl groups excluding tert-OH is 1. The van der Waals surface area contributed by atoms with E-state index in [4.69, 9.17) is 4.74 Å². The standard InChI is InChI=1S/C32H49N3O3/c36-25-15-13-24(14-16-25)35-32(37)22-8-6-7-21(17-22)29-20-34-31-28(29)18-23(19-33-31)27-11-4-5-12-30(27)38-26-9-2-1-3-10-26/h6-8,17,23-31,33-34,36H,1-5,9-16,18-20H2,(H,35,37). The highest BCUT2D eigenvalue weighted by Crippen LogP contribution is 2.44. The van der Waals surface area contributed by atoms with Crippen molar-refractivity contribution in [3.8, 4) is 0 Å². The van der Waals surface area contributed by atoms with Crippen LogP contribution in [0.1, 0.15) is 112 Å². The molecule has 0 aromatic heterocycles. The van der Waals surface area contributed by atoms with Gasteiger partial charge >= 0.3 is 0 Å². The fraction of sp³-hybridized carbons (Fsp3) is 0.781. The lowest BCUT2D eigenvalue weighted by Crippen LogP contribution is -2.52. The summed E-state index contributed by atoms with van der Waals surface area (Å²) in [5.74, 6) is 2.34. The Morgan fingerprint density at radius 3 is 2.47 bits per heavy atom.